The lowest BCUT2D eigenvalue weighted by molar-refractivity contribution is -0.160. The van der Waals surface area contributed by atoms with Crippen molar-refractivity contribution >= 4 is 77.5 Å². The number of aromatic nitrogens is 2. The maximum Gasteiger partial charge on any atom is 0.321 e. The van der Waals surface area contributed by atoms with Crippen molar-refractivity contribution in [2.45, 2.75) is 11.8 Å². The van der Waals surface area contributed by atoms with E-state index >= 15 is 0 Å². The number of carboxylic acid groups (broad SMARTS) is 1. The van der Waals surface area contributed by atoms with E-state index in [2.05, 4.69) is 41.8 Å². The molecule has 0 amide bonds. The van der Waals surface area contributed by atoms with Gasteiger partial charge >= 0.3 is 23.9 Å². The van der Waals surface area contributed by atoms with Crippen molar-refractivity contribution in [2.75, 3.05) is 35.5 Å². The molecule has 6 rings (SSSR count). The van der Waals surface area contributed by atoms with Crippen molar-refractivity contribution in [3.8, 4) is 11.8 Å². The minimum atomic E-state index is -1.45. The molecule has 0 aliphatic heterocycles. The molecule has 0 spiro atoms. The average molecular weight is 903 g/mol. The zero-order chi connectivity index (χ0) is 41.2. The van der Waals surface area contributed by atoms with E-state index < -0.39 is 47.5 Å². The molecule has 0 aliphatic carbocycles. The maximum absolute atomic E-state index is 12.6. The zero-order valence-electron chi connectivity index (χ0n) is 31.5. The SMILES string of the molecule is COC(=O)C(C(=O)O)C(c1ccccc1)c1cc2cc(Br)ccc2nc1OC.COC(=O)C(C(=O)OC)C(c1ccccc1)c1cc2cc(Br)ccc2nc1OC. The lowest BCUT2D eigenvalue weighted by Gasteiger charge is -2.25. The second-order valence-corrected chi connectivity index (χ2v) is 14.3. The van der Waals surface area contributed by atoms with Gasteiger partial charge in [0.1, 0.15) is 0 Å². The smallest absolute Gasteiger partial charge is 0.321 e. The molecule has 0 bridgehead atoms. The number of nitrogens with zero attached hydrogens (tertiary/aromatic N) is 2. The normalized spacial score (nSPS) is 12.4. The Balaban J connectivity index is 0.000000218. The van der Waals surface area contributed by atoms with Crippen molar-refractivity contribution in [2.24, 2.45) is 11.8 Å². The van der Waals surface area contributed by atoms with E-state index in [1.165, 1.54) is 35.5 Å². The summed E-state index contributed by atoms with van der Waals surface area (Å²) in [5.74, 6) is -7.12. The van der Waals surface area contributed by atoms with E-state index in [1.807, 2.05) is 84.9 Å². The van der Waals surface area contributed by atoms with Gasteiger partial charge in [0.2, 0.25) is 11.8 Å². The number of hydrogen-bond acceptors (Lipinski definition) is 11. The summed E-state index contributed by atoms with van der Waals surface area (Å²) in [6, 6.07) is 33.1. The number of halogens is 2. The number of carbonyl (C=O) groups excluding carboxylic acids is 3. The number of hydrogen-bond donors (Lipinski definition) is 1. The van der Waals surface area contributed by atoms with Gasteiger partial charge in [-0.15, -0.1) is 0 Å². The molecule has 1 N–H and O–H groups in total. The fourth-order valence-electron chi connectivity index (χ4n) is 6.62. The number of rotatable bonds is 12. The van der Waals surface area contributed by atoms with E-state index in [9.17, 15) is 24.3 Å². The van der Waals surface area contributed by atoms with Crippen LogP contribution in [-0.4, -0.2) is 74.5 Å². The van der Waals surface area contributed by atoms with Crippen LogP contribution in [0, 0.1) is 11.8 Å². The first-order chi connectivity index (χ1) is 27.4. The number of pyridine rings is 2. The molecule has 14 heteroatoms. The van der Waals surface area contributed by atoms with Gasteiger partial charge in [-0.1, -0.05) is 92.5 Å². The highest BCUT2D eigenvalue weighted by Gasteiger charge is 2.41. The third kappa shape index (κ3) is 9.58. The maximum atomic E-state index is 12.6. The molecule has 0 saturated carbocycles. The van der Waals surface area contributed by atoms with Crippen molar-refractivity contribution < 1.29 is 48.0 Å². The Morgan fingerprint density at radius 1 is 0.526 bits per heavy atom. The van der Waals surface area contributed by atoms with Gasteiger partial charge < -0.3 is 28.8 Å². The number of ether oxygens (including phenoxy) is 5. The van der Waals surface area contributed by atoms with E-state index in [-0.39, 0.29) is 5.88 Å². The first-order valence-corrected chi connectivity index (χ1v) is 18.9. The standard InChI is InChI=1S/C22H20BrNO5.C21H18BrNO5/c1-27-20-16(12-14-11-15(23)9-10-17(14)24-20)18(13-7-5-4-6-8-13)19(21(25)28-2)22(26)29-3;1-27-19-15(11-13-10-14(22)8-9-16(13)23-19)17(12-6-4-3-5-7-12)18(20(24)25)21(26)28-2/h4-12,18-19H,1-3H3;3-11,17-18H,1-2H3,(H,24,25). The average Bonchev–Trinajstić information content (AvgIpc) is 3.23. The number of benzene rings is 4. The van der Waals surface area contributed by atoms with Gasteiger partial charge in [0, 0.05) is 42.7 Å². The highest BCUT2D eigenvalue weighted by Crippen LogP contribution is 2.41. The summed E-state index contributed by atoms with van der Waals surface area (Å²) in [6.07, 6.45) is 0. The quantitative estimate of drug-likeness (QED) is 0.0715. The molecule has 0 fully saturated rings. The summed E-state index contributed by atoms with van der Waals surface area (Å²) in [7, 11) is 6.63. The molecule has 57 heavy (non-hydrogen) atoms. The molecule has 12 nitrogen and oxygen atoms in total. The van der Waals surface area contributed by atoms with E-state index in [4.69, 9.17) is 23.7 Å². The molecule has 3 atom stereocenters. The third-order valence-corrected chi connectivity index (χ3v) is 10.2. The second-order valence-electron chi connectivity index (χ2n) is 12.5. The Kier molecular flexibility index (Phi) is 14.3. The lowest BCUT2D eigenvalue weighted by atomic mass is 9.80. The highest BCUT2D eigenvalue weighted by atomic mass is 79.9. The van der Waals surface area contributed by atoms with E-state index in [1.54, 1.807) is 24.3 Å². The number of carbonyl (C=O) groups is 4. The molecule has 0 saturated heterocycles. The molecular formula is C43H38Br2N2O10. The number of fused-ring (bicyclic) bond motifs is 2. The zero-order valence-corrected chi connectivity index (χ0v) is 34.6. The fourth-order valence-corrected chi connectivity index (χ4v) is 7.37. The van der Waals surface area contributed by atoms with Crippen LogP contribution in [0.15, 0.2) is 118 Å². The van der Waals surface area contributed by atoms with Gasteiger partial charge in [-0.2, -0.15) is 0 Å². The van der Waals surface area contributed by atoms with Gasteiger partial charge in [-0.05, 0) is 59.7 Å². The monoisotopic (exact) mass is 900 g/mol. The Labute approximate surface area is 345 Å². The number of methoxy groups -OCH3 is 5. The fraction of sp³-hybridized carbons (Fsp3) is 0.209. The predicted molar refractivity (Wildman–Crippen MR) is 219 cm³/mol. The summed E-state index contributed by atoms with van der Waals surface area (Å²) < 4.78 is 27.4. The van der Waals surface area contributed by atoms with Crippen LogP contribution in [0.5, 0.6) is 11.8 Å². The van der Waals surface area contributed by atoms with E-state index in [0.29, 0.717) is 28.1 Å². The molecule has 2 aromatic heterocycles. The number of esters is 3. The van der Waals surface area contributed by atoms with Crippen molar-refractivity contribution in [3.63, 3.8) is 0 Å². The molecule has 3 unspecified atom stereocenters. The van der Waals surface area contributed by atoms with Gasteiger partial charge in [0.25, 0.3) is 0 Å². The molecule has 4 aromatic carbocycles. The molecule has 0 aliphatic rings. The van der Waals surface area contributed by atoms with Gasteiger partial charge in [0.05, 0.1) is 46.6 Å². The molecule has 2 heterocycles. The first kappa shape index (κ1) is 42.3. The van der Waals surface area contributed by atoms with Gasteiger partial charge in [-0.3, -0.25) is 19.2 Å². The second kappa shape index (κ2) is 19.3. The molecule has 0 radical (unpaired) electrons. The van der Waals surface area contributed by atoms with Crippen LogP contribution in [-0.2, 0) is 33.4 Å². The van der Waals surface area contributed by atoms with Crippen LogP contribution in [0.25, 0.3) is 21.8 Å². The summed E-state index contributed by atoms with van der Waals surface area (Å²) in [6.45, 7) is 0. The topological polar surface area (TPSA) is 160 Å². The molecule has 294 valence electrons. The third-order valence-electron chi connectivity index (χ3n) is 9.21. The number of aliphatic carboxylic acids is 1. The van der Waals surface area contributed by atoms with Crippen molar-refractivity contribution in [1.82, 2.24) is 9.97 Å². The van der Waals surface area contributed by atoms with Crippen LogP contribution in [0.4, 0.5) is 0 Å². The van der Waals surface area contributed by atoms with Crippen LogP contribution >= 0.6 is 31.9 Å². The highest BCUT2D eigenvalue weighted by molar-refractivity contribution is 9.10. The molecular weight excluding hydrogens is 864 g/mol. The number of carboxylic acids is 1. The minimum Gasteiger partial charge on any atom is -0.481 e. The van der Waals surface area contributed by atoms with Crippen LogP contribution < -0.4 is 9.47 Å². The minimum absolute atomic E-state index is 0.263. The summed E-state index contributed by atoms with van der Waals surface area (Å²) in [5.41, 5.74) is 3.90. The summed E-state index contributed by atoms with van der Waals surface area (Å²) >= 11 is 6.90. The first-order valence-electron chi connectivity index (χ1n) is 17.3. The Hall–Kier alpha value is -5.86. The van der Waals surface area contributed by atoms with Gasteiger partial charge in [0.15, 0.2) is 11.8 Å². The lowest BCUT2D eigenvalue weighted by Crippen LogP contribution is -2.33. The predicted octanol–water partition coefficient (Wildman–Crippen LogP) is 8.11. The summed E-state index contributed by atoms with van der Waals surface area (Å²) in [4.78, 5) is 58.8. The van der Waals surface area contributed by atoms with Crippen molar-refractivity contribution in [1.29, 1.82) is 0 Å². The summed E-state index contributed by atoms with van der Waals surface area (Å²) in [5, 5.41) is 11.4. The van der Waals surface area contributed by atoms with Crippen LogP contribution in [0.3, 0.4) is 0 Å². The molecule has 6 aromatic rings. The van der Waals surface area contributed by atoms with E-state index in [0.717, 1.165) is 30.8 Å². The Morgan fingerprint density at radius 3 is 1.25 bits per heavy atom. The Morgan fingerprint density at radius 2 is 0.895 bits per heavy atom. The largest absolute Gasteiger partial charge is 0.481 e. The van der Waals surface area contributed by atoms with Crippen LogP contribution in [0.1, 0.15) is 34.1 Å². The van der Waals surface area contributed by atoms with Crippen LogP contribution in [0.2, 0.25) is 0 Å². The Bertz CT molecular complexity index is 2380. The van der Waals surface area contributed by atoms with Crippen molar-refractivity contribution in [3.05, 3.63) is 140 Å². The van der Waals surface area contributed by atoms with Gasteiger partial charge in [-0.25, -0.2) is 9.97 Å².